The van der Waals surface area contributed by atoms with Gasteiger partial charge in [-0.15, -0.1) is 0 Å². The van der Waals surface area contributed by atoms with Crippen LogP contribution in [0.15, 0.2) is 34.1 Å². The SMILES string of the molecule is CC1(C)c2sc(=O)n(CC(=O)N3CCOCC3)c2SC2C(=O)N(c3ccc(Cl)cc3)C(=O)C21. The highest BCUT2D eigenvalue weighted by molar-refractivity contribution is 8.00. The Morgan fingerprint density at radius 3 is 2.45 bits per heavy atom. The van der Waals surface area contributed by atoms with Crippen LogP contribution >= 0.6 is 34.7 Å². The van der Waals surface area contributed by atoms with Gasteiger partial charge in [0.25, 0.3) is 0 Å². The van der Waals surface area contributed by atoms with Crippen molar-refractivity contribution in [2.45, 2.75) is 36.1 Å². The lowest BCUT2D eigenvalue weighted by Crippen LogP contribution is -2.44. The number of rotatable bonds is 3. The van der Waals surface area contributed by atoms with Gasteiger partial charge >= 0.3 is 4.87 Å². The largest absolute Gasteiger partial charge is 0.378 e. The number of fused-ring (bicyclic) bond motifs is 2. The average Bonchev–Trinajstić information content (AvgIpc) is 3.24. The minimum atomic E-state index is -0.740. The van der Waals surface area contributed by atoms with Crippen LogP contribution < -0.4 is 9.77 Å². The van der Waals surface area contributed by atoms with Crippen LogP contribution in [0.1, 0.15) is 18.7 Å². The zero-order chi connectivity index (χ0) is 23.5. The van der Waals surface area contributed by atoms with Gasteiger partial charge < -0.3 is 9.64 Å². The number of hydrogen-bond donors (Lipinski definition) is 0. The number of thioether (sulfide) groups is 1. The predicted octanol–water partition coefficient (Wildman–Crippen LogP) is 2.36. The summed E-state index contributed by atoms with van der Waals surface area (Å²) in [7, 11) is 0. The molecule has 0 aliphatic carbocycles. The Kier molecular flexibility index (Phi) is 5.67. The number of ether oxygens (including phenoxy) is 1. The van der Waals surface area contributed by atoms with Gasteiger partial charge in [-0.2, -0.15) is 0 Å². The second-order valence-electron chi connectivity index (χ2n) is 8.81. The molecule has 174 valence electrons. The van der Waals surface area contributed by atoms with E-state index >= 15 is 0 Å². The molecule has 11 heteroatoms. The molecule has 0 radical (unpaired) electrons. The maximum Gasteiger partial charge on any atom is 0.308 e. The third-order valence-electron chi connectivity index (χ3n) is 6.45. The molecular formula is C22H22ClN3O5S2. The molecule has 0 spiro atoms. The number of imide groups is 1. The molecule has 3 aliphatic heterocycles. The van der Waals surface area contributed by atoms with Crippen LogP contribution in [-0.4, -0.2) is 58.7 Å². The maximum absolute atomic E-state index is 13.4. The van der Waals surface area contributed by atoms with E-state index in [2.05, 4.69) is 0 Å². The molecular weight excluding hydrogens is 486 g/mol. The molecule has 2 atom stereocenters. The number of morpholine rings is 1. The molecule has 2 fully saturated rings. The van der Waals surface area contributed by atoms with E-state index in [9.17, 15) is 19.2 Å². The van der Waals surface area contributed by atoms with Crippen molar-refractivity contribution in [1.29, 1.82) is 0 Å². The third kappa shape index (κ3) is 3.63. The number of hydrogen-bond acceptors (Lipinski definition) is 7. The summed E-state index contributed by atoms with van der Waals surface area (Å²) in [6.45, 7) is 5.64. The number of anilines is 1. The number of aromatic nitrogens is 1. The van der Waals surface area contributed by atoms with Gasteiger partial charge in [-0.25, -0.2) is 4.90 Å². The Hall–Kier alpha value is -2.14. The Morgan fingerprint density at radius 1 is 1.12 bits per heavy atom. The monoisotopic (exact) mass is 507 g/mol. The average molecular weight is 508 g/mol. The fraction of sp³-hybridized carbons (Fsp3) is 0.455. The first-order valence-electron chi connectivity index (χ1n) is 10.6. The Labute approximate surface area is 203 Å². The molecule has 0 bridgehead atoms. The van der Waals surface area contributed by atoms with Crippen LogP contribution in [-0.2, 0) is 31.1 Å². The van der Waals surface area contributed by atoms with Gasteiger partial charge in [0.2, 0.25) is 17.7 Å². The maximum atomic E-state index is 13.4. The number of carbonyl (C=O) groups excluding carboxylic acids is 3. The summed E-state index contributed by atoms with van der Waals surface area (Å²) in [6.07, 6.45) is 0. The summed E-state index contributed by atoms with van der Waals surface area (Å²) in [5.74, 6) is -1.37. The topological polar surface area (TPSA) is 88.9 Å². The van der Waals surface area contributed by atoms with Gasteiger partial charge in [0.1, 0.15) is 11.8 Å². The first-order valence-corrected chi connectivity index (χ1v) is 12.7. The standard InChI is InChI=1S/C22H22ClN3O5S2/c1-22(2)15-16(19(29)26(18(15)28)13-5-3-12(23)4-6-13)32-20-17(22)33-21(30)25(20)11-14(27)24-7-9-31-10-8-24/h3-6,15-16H,7-11H2,1-2H3. The Bertz CT molecular complexity index is 1200. The van der Waals surface area contributed by atoms with Crippen molar-refractivity contribution in [3.8, 4) is 0 Å². The van der Waals surface area contributed by atoms with Crippen molar-refractivity contribution >= 4 is 58.1 Å². The van der Waals surface area contributed by atoms with Gasteiger partial charge in [-0.1, -0.05) is 48.5 Å². The highest BCUT2D eigenvalue weighted by Gasteiger charge is 2.59. The fourth-order valence-electron chi connectivity index (χ4n) is 4.66. The molecule has 3 amide bonds. The molecule has 2 unspecified atom stereocenters. The zero-order valence-corrected chi connectivity index (χ0v) is 20.5. The lowest BCUT2D eigenvalue weighted by Gasteiger charge is -2.36. The van der Waals surface area contributed by atoms with Crippen molar-refractivity contribution in [2.75, 3.05) is 31.2 Å². The van der Waals surface area contributed by atoms with E-state index < -0.39 is 16.6 Å². The summed E-state index contributed by atoms with van der Waals surface area (Å²) in [4.78, 5) is 56.0. The normalized spacial score (nSPS) is 24.1. The predicted molar refractivity (Wildman–Crippen MR) is 126 cm³/mol. The molecule has 2 aromatic rings. The smallest absolute Gasteiger partial charge is 0.308 e. The number of nitrogens with zero attached hydrogens (tertiary/aromatic N) is 3. The first kappa shape index (κ1) is 22.6. The molecule has 4 heterocycles. The third-order valence-corrected chi connectivity index (χ3v) is 9.52. The van der Waals surface area contributed by atoms with Crippen molar-refractivity contribution in [3.63, 3.8) is 0 Å². The van der Waals surface area contributed by atoms with Crippen molar-refractivity contribution in [2.24, 2.45) is 5.92 Å². The van der Waals surface area contributed by atoms with Gasteiger partial charge in [-0.3, -0.25) is 23.7 Å². The fourth-order valence-corrected chi connectivity index (χ4v) is 7.82. The minimum Gasteiger partial charge on any atom is -0.378 e. The zero-order valence-electron chi connectivity index (χ0n) is 18.1. The van der Waals surface area contributed by atoms with E-state index in [1.807, 2.05) is 13.8 Å². The quantitative estimate of drug-likeness (QED) is 0.593. The van der Waals surface area contributed by atoms with E-state index in [4.69, 9.17) is 16.3 Å². The number of amides is 3. The Balaban J connectivity index is 1.49. The van der Waals surface area contributed by atoms with Crippen LogP contribution in [0.25, 0.3) is 0 Å². The first-order chi connectivity index (χ1) is 15.7. The second kappa shape index (κ2) is 8.26. The summed E-state index contributed by atoms with van der Waals surface area (Å²) in [5.41, 5.74) is -0.264. The van der Waals surface area contributed by atoms with Crippen molar-refractivity contribution in [3.05, 3.63) is 43.8 Å². The van der Waals surface area contributed by atoms with Gasteiger partial charge in [0.15, 0.2) is 0 Å². The molecule has 5 rings (SSSR count). The number of thiazole rings is 1. The molecule has 3 aliphatic rings. The lowest BCUT2D eigenvalue weighted by atomic mass is 9.76. The van der Waals surface area contributed by atoms with Crippen LogP contribution in [0.4, 0.5) is 5.69 Å². The highest BCUT2D eigenvalue weighted by atomic mass is 35.5. The molecule has 2 saturated heterocycles. The van der Waals surface area contributed by atoms with Gasteiger partial charge in [0, 0.05) is 28.4 Å². The van der Waals surface area contributed by atoms with Crippen molar-refractivity contribution in [1.82, 2.24) is 9.47 Å². The van der Waals surface area contributed by atoms with Crippen molar-refractivity contribution < 1.29 is 19.1 Å². The molecule has 8 nitrogen and oxygen atoms in total. The number of carbonyl (C=O) groups is 3. The second-order valence-corrected chi connectivity index (χ2v) is 11.3. The highest BCUT2D eigenvalue weighted by Crippen LogP contribution is 2.54. The minimum absolute atomic E-state index is 0.0891. The summed E-state index contributed by atoms with van der Waals surface area (Å²) >= 11 is 8.25. The molecule has 1 aromatic carbocycles. The molecule has 0 saturated carbocycles. The van der Waals surface area contributed by atoms with Crippen LogP contribution in [0, 0.1) is 5.92 Å². The van der Waals surface area contributed by atoms with E-state index in [1.54, 1.807) is 29.2 Å². The number of halogens is 1. The van der Waals surface area contributed by atoms with Gasteiger partial charge in [-0.05, 0) is 24.3 Å². The van der Waals surface area contributed by atoms with Crippen LogP contribution in [0.5, 0.6) is 0 Å². The van der Waals surface area contributed by atoms with Gasteiger partial charge in [0.05, 0.1) is 29.8 Å². The Morgan fingerprint density at radius 2 is 1.79 bits per heavy atom. The lowest BCUT2D eigenvalue weighted by molar-refractivity contribution is -0.136. The summed E-state index contributed by atoms with van der Waals surface area (Å²) in [5, 5.41) is 0.451. The van der Waals surface area contributed by atoms with E-state index in [0.29, 0.717) is 42.0 Å². The van der Waals surface area contributed by atoms with Crippen LogP contribution in [0.3, 0.4) is 0 Å². The molecule has 1 aromatic heterocycles. The van der Waals surface area contributed by atoms with Crippen LogP contribution in [0.2, 0.25) is 5.02 Å². The summed E-state index contributed by atoms with van der Waals surface area (Å²) < 4.78 is 6.76. The molecule has 33 heavy (non-hydrogen) atoms. The molecule has 0 N–H and O–H groups in total. The van der Waals surface area contributed by atoms with E-state index in [0.717, 1.165) is 16.2 Å². The summed E-state index contributed by atoms with van der Waals surface area (Å²) in [6, 6.07) is 6.59. The van der Waals surface area contributed by atoms with E-state index in [-0.39, 0.29) is 29.1 Å². The number of benzene rings is 1. The van der Waals surface area contributed by atoms with E-state index in [1.165, 1.54) is 21.2 Å².